The molecule has 1 N–H and O–H groups in total. The zero-order valence-electron chi connectivity index (χ0n) is 19.3. The van der Waals surface area contributed by atoms with Gasteiger partial charge in [-0.3, -0.25) is 4.79 Å². The lowest BCUT2D eigenvalue weighted by Gasteiger charge is -2.31. The number of para-hydroxylation sites is 1. The highest BCUT2D eigenvalue weighted by Crippen LogP contribution is 2.38. The van der Waals surface area contributed by atoms with Gasteiger partial charge in [0.1, 0.15) is 4.90 Å². The lowest BCUT2D eigenvalue weighted by atomic mass is 9.99. The predicted molar refractivity (Wildman–Crippen MR) is 127 cm³/mol. The number of piperidine rings is 1. The highest BCUT2D eigenvalue weighted by atomic mass is 32.2. The summed E-state index contributed by atoms with van der Waals surface area (Å²) in [5.41, 5.74) is 1.07. The molecule has 9 nitrogen and oxygen atoms in total. The first-order valence-corrected chi connectivity index (χ1v) is 12.1. The zero-order chi connectivity index (χ0) is 24.7. The third-order valence-electron chi connectivity index (χ3n) is 5.49. The Bertz CT molecular complexity index is 1160. The standard InChI is InChI=1S/C24H28N2O7S/c1-31-20-14-17(11-12-22(27)32-2)15-21(23(20)33-3)34(29,30)26-13-7-8-18(16-26)24(28)25-19-9-5-4-6-10-19/h4-6,9-12,14-15,18H,7-8,13,16H2,1-3H3,(H,25,28)/b12-11+. The summed E-state index contributed by atoms with van der Waals surface area (Å²) in [6, 6.07) is 12.0. The Hall–Kier alpha value is -3.37. The second-order valence-corrected chi connectivity index (χ2v) is 9.57. The maximum Gasteiger partial charge on any atom is 0.330 e. The summed E-state index contributed by atoms with van der Waals surface area (Å²) >= 11 is 0. The highest BCUT2D eigenvalue weighted by Gasteiger charge is 2.36. The van der Waals surface area contributed by atoms with Gasteiger partial charge in [0.25, 0.3) is 0 Å². The lowest BCUT2D eigenvalue weighted by molar-refractivity contribution is -0.134. The van der Waals surface area contributed by atoms with Crippen LogP contribution in [-0.4, -0.2) is 59.0 Å². The molecule has 182 valence electrons. The second-order valence-electron chi connectivity index (χ2n) is 7.67. The first-order valence-electron chi connectivity index (χ1n) is 10.7. The number of rotatable bonds is 8. The van der Waals surface area contributed by atoms with Crippen LogP contribution in [-0.2, 0) is 24.3 Å². The Balaban J connectivity index is 1.91. The van der Waals surface area contributed by atoms with Crippen molar-refractivity contribution in [3.05, 3.63) is 54.1 Å². The van der Waals surface area contributed by atoms with E-state index in [1.165, 1.54) is 43.9 Å². The van der Waals surface area contributed by atoms with Gasteiger partial charge in [0, 0.05) is 24.9 Å². The van der Waals surface area contributed by atoms with Gasteiger partial charge in [-0.25, -0.2) is 13.2 Å². The maximum absolute atomic E-state index is 13.7. The van der Waals surface area contributed by atoms with E-state index in [9.17, 15) is 18.0 Å². The molecule has 1 saturated heterocycles. The number of amides is 1. The minimum absolute atomic E-state index is 0.0364. The minimum atomic E-state index is -4.05. The van der Waals surface area contributed by atoms with Gasteiger partial charge in [-0.05, 0) is 48.7 Å². The van der Waals surface area contributed by atoms with Gasteiger partial charge in [0.2, 0.25) is 15.9 Å². The van der Waals surface area contributed by atoms with Crippen molar-refractivity contribution < 1.29 is 32.2 Å². The van der Waals surface area contributed by atoms with Gasteiger partial charge in [-0.2, -0.15) is 4.31 Å². The molecule has 1 amide bonds. The lowest BCUT2D eigenvalue weighted by Crippen LogP contribution is -2.43. The molecule has 0 saturated carbocycles. The second kappa shape index (κ2) is 11.2. The summed E-state index contributed by atoms with van der Waals surface area (Å²) in [5.74, 6) is -1.07. The summed E-state index contributed by atoms with van der Waals surface area (Å²) in [4.78, 5) is 24.2. The van der Waals surface area contributed by atoms with Crippen molar-refractivity contribution in [2.75, 3.05) is 39.7 Å². The van der Waals surface area contributed by atoms with Crippen LogP contribution in [0.3, 0.4) is 0 Å². The molecule has 1 unspecified atom stereocenters. The van der Waals surface area contributed by atoms with Crippen molar-refractivity contribution in [3.8, 4) is 11.5 Å². The van der Waals surface area contributed by atoms with Gasteiger partial charge >= 0.3 is 5.97 Å². The van der Waals surface area contributed by atoms with E-state index in [1.807, 2.05) is 18.2 Å². The summed E-state index contributed by atoms with van der Waals surface area (Å²) in [6.07, 6.45) is 3.72. The predicted octanol–water partition coefficient (Wildman–Crippen LogP) is 2.93. The SMILES string of the molecule is COC(=O)/C=C/c1cc(OC)c(OC)c(S(=O)(=O)N2CCCC(C(=O)Nc3ccccc3)C2)c1. The number of carbonyl (C=O) groups is 2. The number of sulfonamides is 1. The third-order valence-corrected chi connectivity index (χ3v) is 7.36. The fourth-order valence-electron chi connectivity index (χ4n) is 3.75. The number of hydrogen-bond donors (Lipinski definition) is 1. The van der Waals surface area contributed by atoms with Gasteiger partial charge in [0.05, 0.1) is 27.2 Å². The first kappa shape index (κ1) is 25.3. The van der Waals surface area contributed by atoms with Crippen molar-refractivity contribution in [1.82, 2.24) is 4.31 Å². The monoisotopic (exact) mass is 488 g/mol. The van der Waals surface area contributed by atoms with Gasteiger partial charge in [-0.15, -0.1) is 0 Å². The summed E-state index contributed by atoms with van der Waals surface area (Å²) < 4.78 is 43.9. The van der Waals surface area contributed by atoms with E-state index in [-0.39, 0.29) is 35.4 Å². The van der Waals surface area contributed by atoms with Gasteiger partial charge in [-0.1, -0.05) is 18.2 Å². The molecular formula is C24H28N2O7S. The average molecular weight is 489 g/mol. The Morgan fingerprint density at radius 1 is 1.09 bits per heavy atom. The number of carbonyl (C=O) groups excluding carboxylic acids is 2. The van der Waals surface area contributed by atoms with Crippen LogP contribution in [0.5, 0.6) is 11.5 Å². The number of ether oxygens (including phenoxy) is 3. The molecule has 0 aromatic heterocycles. The van der Waals surface area contributed by atoms with E-state index < -0.39 is 21.9 Å². The number of methoxy groups -OCH3 is 3. The molecule has 10 heteroatoms. The van der Waals surface area contributed by atoms with Gasteiger partial charge < -0.3 is 19.5 Å². The minimum Gasteiger partial charge on any atom is -0.493 e. The van der Waals surface area contributed by atoms with Crippen LogP contribution in [0, 0.1) is 5.92 Å². The van der Waals surface area contributed by atoms with E-state index in [0.717, 1.165) is 0 Å². The van der Waals surface area contributed by atoms with Crippen molar-refractivity contribution in [1.29, 1.82) is 0 Å². The summed E-state index contributed by atoms with van der Waals surface area (Å²) in [5, 5.41) is 2.85. The molecule has 0 aliphatic carbocycles. The molecule has 34 heavy (non-hydrogen) atoms. The van der Waals surface area contributed by atoms with Crippen molar-refractivity contribution in [3.63, 3.8) is 0 Å². The number of benzene rings is 2. The van der Waals surface area contributed by atoms with E-state index in [1.54, 1.807) is 18.2 Å². The average Bonchev–Trinajstić information content (AvgIpc) is 2.87. The molecule has 1 heterocycles. The molecule has 3 rings (SSSR count). The van der Waals surface area contributed by atoms with Crippen LogP contribution in [0.2, 0.25) is 0 Å². The summed E-state index contributed by atoms with van der Waals surface area (Å²) in [7, 11) is -0.0471. The molecule has 0 bridgehead atoms. The molecule has 1 aliphatic rings. The highest BCUT2D eigenvalue weighted by molar-refractivity contribution is 7.89. The molecule has 2 aromatic carbocycles. The molecule has 1 atom stereocenters. The topological polar surface area (TPSA) is 111 Å². The van der Waals surface area contributed by atoms with Gasteiger partial charge in [0.15, 0.2) is 11.5 Å². The Labute approximate surface area is 199 Å². The van der Waals surface area contributed by atoms with Crippen LogP contribution in [0.1, 0.15) is 18.4 Å². The first-order chi connectivity index (χ1) is 16.3. The normalized spacial score (nSPS) is 16.7. The van der Waals surface area contributed by atoms with E-state index in [0.29, 0.717) is 24.1 Å². The van der Waals surface area contributed by atoms with E-state index >= 15 is 0 Å². The Morgan fingerprint density at radius 2 is 1.82 bits per heavy atom. The quantitative estimate of drug-likeness (QED) is 0.449. The van der Waals surface area contributed by atoms with Crippen LogP contribution in [0.4, 0.5) is 5.69 Å². The Kier molecular flexibility index (Phi) is 8.30. The van der Waals surface area contributed by atoms with Crippen molar-refractivity contribution >= 4 is 33.7 Å². The number of nitrogens with one attached hydrogen (secondary N) is 1. The molecule has 1 aliphatic heterocycles. The molecular weight excluding hydrogens is 460 g/mol. The van der Waals surface area contributed by atoms with Crippen LogP contribution >= 0.6 is 0 Å². The van der Waals surface area contributed by atoms with Crippen LogP contribution < -0.4 is 14.8 Å². The smallest absolute Gasteiger partial charge is 0.330 e. The fraction of sp³-hybridized carbons (Fsp3) is 0.333. The van der Waals surface area contributed by atoms with E-state index in [4.69, 9.17) is 9.47 Å². The largest absolute Gasteiger partial charge is 0.493 e. The van der Waals surface area contributed by atoms with Crippen LogP contribution in [0.25, 0.3) is 6.08 Å². The number of nitrogens with zero attached hydrogens (tertiary/aromatic N) is 1. The fourth-order valence-corrected chi connectivity index (χ4v) is 5.48. The van der Waals surface area contributed by atoms with Crippen molar-refractivity contribution in [2.45, 2.75) is 17.7 Å². The van der Waals surface area contributed by atoms with Crippen LogP contribution in [0.15, 0.2) is 53.4 Å². The number of esters is 1. The van der Waals surface area contributed by atoms with E-state index in [2.05, 4.69) is 10.1 Å². The Morgan fingerprint density at radius 3 is 2.47 bits per heavy atom. The number of anilines is 1. The zero-order valence-corrected chi connectivity index (χ0v) is 20.1. The molecule has 0 spiro atoms. The molecule has 2 aromatic rings. The number of hydrogen-bond acceptors (Lipinski definition) is 7. The maximum atomic E-state index is 13.7. The third kappa shape index (κ3) is 5.75. The summed E-state index contributed by atoms with van der Waals surface area (Å²) in [6.45, 7) is 0.305. The van der Waals surface area contributed by atoms with Crippen molar-refractivity contribution in [2.24, 2.45) is 5.92 Å². The molecule has 0 radical (unpaired) electrons. The molecule has 1 fully saturated rings.